The second-order valence-electron chi connectivity index (χ2n) is 7.45. The van der Waals surface area contributed by atoms with E-state index in [0.29, 0.717) is 43.9 Å². The Hall–Kier alpha value is -2.70. The van der Waals surface area contributed by atoms with Gasteiger partial charge in [0, 0.05) is 13.1 Å². The SMILES string of the molecule is CN(C)CCOC(=O)c1ccc(Cc2ccc(C(=O)OCCN(C)C)cc2)cc1. The Balaban J connectivity index is 1.86. The maximum absolute atomic E-state index is 12.0. The Kier molecular flexibility index (Phi) is 8.83. The predicted molar refractivity (Wildman–Crippen MR) is 113 cm³/mol. The highest BCUT2D eigenvalue weighted by Gasteiger charge is 2.09. The molecule has 6 nitrogen and oxygen atoms in total. The van der Waals surface area contributed by atoms with E-state index in [0.717, 1.165) is 11.1 Å². The van der Waals surface area contributed by atoms with Crippen molar-refractivity contribution >= 4 is 11.9 Å². The summed E-state index contributed by atoms with van der Waals surface area (Å²) in [5.74, 6) is -0.619. The Bertz CT molecular complexity index is 716. The maximum Gasteiger partial charge on any atom is 0.338 e. The number of carbonyl (C=O) groups excluding carboxylic acids is 2. The van der Waals surface area contributed by atoms with Gasteiger partial charge in [0.25, 0.3) is 0 Å². The van der Waals surface area contributed by atoms with E-state index in [1.807, 2.05) is 62.3 Å². The van der Waals surface area contributed by atoms with Crippen LogP contribution in [0.3, 0.4) is 0 Å². The van der Waals surface area contributed by atoms with Crippen molar-refractivity contribution in [3.63, 3.8) is 0 Å². The summed E-state index contributed by atoms with van der Waals surface area (Å²) in [5, 5.41) is 0. The zero-order chi connectivity index (χ0) is 21.2. The lowest BCUT2D eigenvalue weighted by Gasteiger charge is -2.10. The van der Waals surface area contributed by atoms with Gasteiger partial charge in [0.2, 0.25) is 0 Å². The first-order valence-electron chi connectivity index (χ1n) is 9.66. The summed E-state index contributed by atoms with van der Waals surface area (Å²) in [4.78, 5) is 28.0. The van der Waals surface area contributed by atoms with E-state index in [2.05, 4.69) is 0 Å². The second-order valence-corrected chi connectivity index (χ2v) is 7.45. The Morgan fingerprint density at radius 3 is 1.31 bits per heavy atom. The van der Waals surface area contributed by atoms with Gasteiger partial charge in [-0.2, -0.15) is 0 Å². The summed E-state index contributed by atoms with van der Waals surface area (Å²) in [5.41, 5.74) is 3.25. The maximum atomic E-state index is 12.0. The molecular weight excluding hydrogens is 368 g/mol. The summed E-state index contributed by atoms with van der Waals surface area (Å²) in [6.45, 7) is 2.14. The Morgan fingerprint density at radius 2 is 1.00 bits per heavy atom. The van der Waals surface area contributed by atoms with Crippen molar-refractivity contribution in [3.05, 3.63) is 70.8 Å². The molecular formula is C23H30N2O4. The third-order valence-electron chi connectivity index (χ3n) is 4.33. The van der Waals surface area contributed by atoms with Crippen molar-refractivity contribution in [2.75, 3.05) is 54.5 Å². The van der Waals surface area contributed by atoms with Crippen LogP contribution in [0.2, 0.25) is 0 Å². The van der Waals surface area contributed by atoms with Crippen LogP contribution < -0.4 is 0 Å². The van der Waals surface area contributed by atoms with Gasteiger partial charge in [-0.05, 0) is 70.0 Å². The number of esters is 2. The molecule has 2 aromatic rings. The van der Waals surface area contributed by atoms with Gasteiger partial charge in [-0.1, -0.05) is 24.3 Å². The van der Waals surface area contributed by atoms with Crippen molar-refractivity contribution in [2.45, 2.75) is 6.42 Å². The smallest absolute Gasteiger partial charge is 0.338 e. The standard InChI is InChI=1S/C23H30N2O4/c1-24(2)13-15-28-22(26)20-9-5-18(6-10-20)17-19-7-11-21(12-8-19)23(27)29-16-14-25(3)4/h5-12H,13-17H2,1-4H3. The molecule has 0 saturated heterocycles. The van der Waals surface area contributed by atoms with E-state index in [1.54, 1.807) is 24.3 Å². The first-order valence-corrected chi connectivity index (χ1v) is 9.66. The lowest BCUT2D eigenvalue weighted by atomic mass is 10.0. The Labute approximate surface area is 173 Å². The number of hydrogen-bond acceptors (Lipinski definition) is 6. The van der Waals surface area contributed by atoms with Crippen molar-refractivity contribution < 1.29 is 19.1 Å². The van der Waals surface area contributed by atoms with Gasteiger partial charge in [0.15, 0.2) is 0 Å². The monoisotopic (exact) mass is 398 g/mol. The molecule has 6 heteroatoms. The summed E-state index contributed by atoms with van der Waals surface area (Å²) >= 11 is 0. The van der Waals surface area contributed by atoms with E-state index in [9.17, 15) is 9.59 Å². The van der Waals surface area contributed by atoms with Crippen molar-refractivity contribution in [2.24, 2.45) is 0 Å². The number of benzene rings is 2. The summed E-state index contributed by atoms with van der Waals surface area (Å²) in [6.07, 6.45) is 0.714. The van der Waals surface area contributed by atoms with Crippen LogP contribution in [0.5, 0.6) is 0 Å². The molecule has 0 radical (unpaired) electrons. The third-order valence-corrected chi connectivity index (χ3v) is 4.33. The zero-order valence-corrected chi connectivity index (χ0v) is 17.7. The van der Waals surface area contributed by atoms with Crippen LogP contribution in [-0.2, 0) is 15.9 Å². The molecule has 0 atom stereocenters. The highest BCUT2D eigenvalue weighted by Crippen LogP contribution is 2.13. The van der Waals surface area contributed by atoms with Crippen LogP contribution >= 0.6 is 0 Å². The second kappa shape index (κ2) is 11.3. The normalized spacial score (nSPS) is 11.0. The number of nitrogens with zero attached hydrogens (tertiary/aromatic N) is 2. The molecule has 0 saturated carbocycles. The number of hydrogen-bond donors (Lipinski definition) is 0. The first-order chi connectivity index (χ1) is 13.8. The number of carbonyl (C=O) groups is 2. The zero-order valence-electron chi connectivity index (χ0n) is 17.7. The molecule has 29 heavy (non-hydrogen) atoms. The molecule has 0 spiro atoms. The number of ether oxygens (including phenoxy) is 2. The highest BCUT2D eigenvalue weighted by molar-refractivity contribution is 5.90. The molecule has 0 N–H and O–H groups in total. The number of likely N-dealkylation sites (N-methyl/N-ethyl adjacent to an activating group) is 2. The summed E-state index contributed by atoms with van der Waals surface area (Å²) in [7, 11) is 7.74. The first kappa shape index (κ1) is 22.6. The molecule has 0 aliphatic rings. The van der Waals surface area contributed by atoms with Gasteiger partial charge in [-0.25, -0.2) is 9.59 Å². The molecule has 0 aliphatic carbocycles. The molecule has 0 amide bonds. The van der Waals surface area contributed by atoms with Crippen LogP contribution in [0.1, 0.15) is 31.8 Å². The molecule has 0 aliphatic heterocycles. The average molecular weight is 399 g/mol. The van der Waals surface area contributed by atoms with E-state index in [4.69, 9.17) is 9.47 Å². The average Bonchev–Trinajstić information content (AvgIpc) is 2.68. The fourth-order valence-corrected chi connectivity index (χ4v) is 2.56. The molecule has 0 heterocycles. The van der Waals surface area contributed by atoms with Crippen LogP contribution in [0.15, 0.2) is 48.5 Å². The summed E-state index contributed by atoms with van der Waals surface area (Å²) in [6, 6.07) is 14.8. The molecule has 0 bridgehead atoms. The topological polar surface area (TPSA) is 59.1 Å². The van der Waals surface area contributed by atoms with Gasteiger partial charge in [0.1, 0.15) is 13.2 Å². The summed E-state index contributed by atoms with van der Waals surface area (Å²) < 4.78 is 10.5. The van der Waals surface area contributed by atoms with Crippen LogP contribution in [0, 0.1) is 0 Å². The molecule has 0 aromatic heterocycles. The van der Waals surface area contributed by atoms with Gasteiger partial charge < -0.3 is 19.3 Å². The minimum Gasteiger partial charge on any atom is -0.461 e. The minimum absolute atomic E-state index is 0.310. The van der Waals surface area contributed by atoms with Crippen LogP contribution in [0.4, 0.5) is 0 Å². The largest absolute Gasteiger partial charge is 0.461 e. The van der Waals surface area contributed by atoms with Crippen molar-refractivity contribution in [1.82, 2.24) is 9.80 Å². The molecule has 156 valence electrons. The minimum atomic E-state index is -0.310. The fourth-order valence-electron chi connectivity index (χ4n) is 2.56. The third kappa shape index (κ3) is 8.05. The van der Waals surface area contributed by atoms with E-state index in [-0.39, 0.29) is 11.9 Å². The molecule has 0 fully saturated rings. The van der Waals surface area contributed by atoms with Gasteiger partial charge in [-0.15, -0.1) is 0 Å². The van der Waals surface area contributed by atoms with Crippen molar-refractivity contribution in [1.29, 1.82) is 0 Å². The predicted octanol–water partition coefficient (Wildman–Crippen LogP) is 2.71. The fraction of sp³-hybridized carbons (Fsp3) is 0.391. The highest BCUT2D eigenvalue weighted by atomic mass is 16.5. The van der Waals surface area contributed by atoms with Gasteiger partial charge in [-0.3, -0.25) is 0 Å². The lowest BCUT2D eigenvalue weighted by molar-refractivity contribution is 0.0472. The quantitative estimate of drug-likeness (QED) is 0.574. The van der Waals surface area contributed by atoms with Gasteiger partial charge >= 0.3 is 11.9 Å². The van der Waals surface area contributed by atoms with E-state index < -0.39 is 0 Å². The Morgan fingerprint density at radius 1 is 0.655 bits per heavy atom. The van der Waals surface area contributed by atoms with E-state index in [1.165, 1.54) is 0 Å². The van der Waals surface area contributed by atoms with Crippen LogP contribution in [0.25, 0.3) is 0 Å². The molecule has 2 rings (SSSR count). The molecule has 2 aromatic carbocycles. The van der Waals surface area contributed by atoms with Crippen molar-refractivity contribution in [3.8, 4) is 0 Å². The van der Waals surface area contributed by atoms with Crippen LogP contribution in [-0.4, -0.2) is 76.2 Å². The molecule has 0 unspecified atom stereocenters. The lowest BCUT2D eigenvalue weighted by Crippen LogP contribution is -2.20. The number of rotatable bonds is 10. The van der Waals surface area contributed by atoms with Gasteiger partial charge in [0.05, 0.1) is 11.1 Å². The van der Waals surface area contributed by atoms with E-state index >= 15 is 0 Å².